The van der Waals surface area contributed by atoms with Crippen LogP contribution in [-0.4, -0.2) is 54.9 Å². The van der Waals surface area contributed by atoms with Gasteiger partial charge >= 0.3 is 0 Å². The van der Waals surface area contributed by atoms with Gasteiger partial charge in [0.25, 0.3) is 0 Å². The second kappa shape index (κ2) is 6.32. The highest BCUT2D eigenvalue weighted by Crippen LogP contribution is 2.37. The van der Waals surface area contributed by atoms with Crippen molar-refractivity contribution in [3.8, 4) is 0 Å². The standard InChI is InChI=1S/C21H25N5O/c1-14-9-20-19(7-8-21-23-22-15(2)26(20)21)25(14)11-17-5-3-16(4-6-17)10-24-12-18(27)13-24/h3-9,18-20,27H,10-13H2,1-2H3. The van der Waals surface area contributed by atoms with Gasteiger partial charge in [-0.1, -0.05) is 30.3 Å². The Balaban J connectivity index is 1.30. The van der Waals surface area contributed by atoms with Gasteiger partial charge in [-0.05, 0) is 37.1 Å². The lowest BCUT2D eigenvalue weighted by Gasteiger charge is -2.35. The van der Waals surface area contributed by atoms with Crippen LogP contribution in [0.1, 0.15) is 35.7 Å². The summed E-state index contributed by atoms with van der Waals surface area (Å²) in [6.07, 6.45) is 6.54. The van der Waals surface area contributed by atoms with Gasteiger partial charge in [0.05, 0.1) is 18.2 Å². The topological polar surface area (TPSA) is 57.4 Å². The maximum absolute atomic E-state index is 9.42. The van der Waals surface area contributed by atoms with Crippen molar-refractivity contribution in [2.75, 3.05) is 13.1 Å². The molecule has 1 aromatic heterocycles. The lowest BCUT2D eigenvalue weighted by Crippen LogP contribution is -2.49. The molecule has 0 amide bonds. The van der Waals surface area contributed by atoms with Crippen LogP contribution in [0.3, 0.4) is 0 Å². The van der Waals surface area contributed by atoms with E-state index < -0.39 is 0 Å². The fraction of sp³-hybridized carbons (Fsp3) is 0.429. The number of nitrogens with zero attached hydrogens (tertiary/aromatic N) is 5. The minimum atomic E-state index is -0.138. The first-order valence-corrected chi connectivity index (χ1v) is 9.61. The van der Waals surface area contributed by atoms with Crippen molar-refractivity contribution in [2.24, 2.45) is 0 Å². The number of hydrogen-bond acceptors (Lipinski definition) is 5. The molecule has 3 aliphatic rings. The SMILES string of the molecule is CC1=CC2C(C=Cc3nnc(C)n32)N1Cc1ccc(CN2CC(O)C2)cc1. The molecule has 2 aromatic rings. The molecule has 0 radical (unpaired) electrons. The minimum Gasteiger partial charge on any atom is -0.390 e. The van der Waals surface area contributed by atoms with Gasteiger partial charge in [-0.15, -0.1) is 10.2 Å². The van der Waals surface area contributed by atoms with Crippen molar-refractivity contribution in [3.05, 3.63) is 64.9 Å². The lowest BCUT2D eigenvalue weighted by atomic mass is 10.0. The van der Waals surface area contributed by atoms with Gasteiger partial charge in [-0.25, -0.2) is 0 Å². The van der Waals surface area contributed by atoms with Crippen LogP contribution in [0.15, 0.2) is 42.1 Å². The fourth-order valence-electron chi connectivity index (χ4n) is 4.47. The molecule has 0 spiro atoms. The molecule has 2 unspecified atom stereocenters. The summed E-state index contributed by atoms with van der Waals surface area (Å²) >= 11 is 0. The van der Waals surface area contributed by atoms with E-state index in [4.69, 9.17) is 0 Å². The predicted molar refractivity (Wildman–Crippen MR) is 104 cm³/mol. The summed E-state index contributed by atoms with van der Waals surface area (Å²) in [5, 5.41) is 17.9. The van der Waals surface area contributed by atoms with Crippen LogP contribution < -0.4 is 0 Å². The van der Waals surface area contributed by atoms with E-state index in [0.29, 0.717) is 6.04 Å². The number of fused-ring (bicyclic) bond motifs is 3. The maximum atomic E-state index is 9.42. The van der Waals surface area contributed by atoms with E-state index in [-0.39, 0.29) is 12.1 Å². The summed E-state index contributed by atoms with van der Waals surface area (Å²) in [5.41, 5.74) is 3.92. The van der Waals surface area contributed by atoms with E-state index in [1.165, 1.54) is 16.8 Å². The lowest BCUT2D eigenvalue weighted by molar-refractivity contribution is -0.00286. The largest absolute Gasteiger partial charge is 0.390 e. The van der Waals surface area contributed by atoms with Crippen LogP contribution in [0.5, 0.6) is 0 Å². The number of benzene rings is 1. The van der Waals surface area contributed by atoms with E-state index in [0.717, 1.165) is 37.8 Å². The Morgan fingerprint density at radius 2 is 1.70 bits per heavy atom. The Morgan fingerprint density at radius 1 is 1.00 bits per heavy atom. The van der Waals surface area contributed by atoms with Crippen LogP contribution >= 0.6 is 0 Å². The zero-order valence-electron chi connectivity index (χ0n) is 15.8. The van der Waals surface area contributed by atoms with Crippen molar-refractivity contribution in [2.45, 2.75) is 45.1 Å². The molecule has 140 valence electrons. The fourth-order valence-corrected chi connectivity index (χ4v) is 4.47. The molecule has 0 aliphatic carbocycles. The van der Waals surface area contributed by atoms with E-state index >= 15 is 0 Å². The van der Waals surface area contributed by atoms with Crippen molar-refractivity contribution in [1.82, 2.24) is 24.6 Å². The highest BCUT2D eigenvalue weighted by molar-refractivity contribution is 5.48. The molecule has 4 heterocycles. The summed E-state index contributed by atoms with van der Waals surface area (Å²) < 4.78 is 2.23. The monoisotopic (exact) mass is 363 g/mol. The van der Waals surface area contributed by atoms with Crippen LogP contribution in [0.4, 0.5) is 0 Å². The first kappa shape index (κ1) is 16.7. The van der Waals surface area contributed by atoms with E-state index in [2.05, 4.69) is 74.0 Å². The van der Waals surface area contributed by atoms with Gasteiger partial charge < -0.3 is 14.6 Å². The van der Waals surface area contributed by atoms with Crippen molar-refractivity contribution in [1.29, 1.82) is 0 Å². The normalized spacial score (nSPS) is 24.6. The average molecular weight is 363 g/mol. The Bertz CT molecular complexity index is 907. The number of rotatable bonds is 4. The second-order valence-electron chi connectivity index (χ2n) is 7.92. The van der Waals surface area contributed by atoms with Crippen molar-refractivity contribution >= 4 is 6.08 Å². The van der Waals surface area contributed by atoms with Crippen molar-refractivity contribution < 1.29 is 5.11 Å². The highest BCUT2D eigenvalue weighted by Gasteiger charge is 2.36. The number of aliphatic hydroxyl groups excluding tert-OH is 1. The summed E-state index contributed by atoms with van der Waals surface area (Å²) in [6.45, 7) is 7.61. The number of β-amino-alcohol motifs (C(OH)–C–C–N with tert-alkyl or cyclic N) is 1. The molecule has 1 saturated heterocycles. The van der Waals surface area contributed by atoms with Gasteiger partial charge in [0.2, 0.25) is 0 Å². The number of allylic oxidation sites excluding steroid dienone is 1. The van der Waals surface area contributed by atoms with E-state index in [1.54, 1.807) is 0 Å². The Morgan fingerprint density at radius 3 is 2.41 bits per heavy atom. The quantitative estimate of drug-likeness (QED) is 0.902. The molecule has 27 heavy (non-hydrogen) atoms. The number of hydrogen-bond donors (Lipinski definition) is 1. The Hall–Kier alpha value is -2.44. The Kier molecular flexibility index (Phi) is 3.91. The molecule has 0 bridgehead atoms. The van der Waals surface area contributed by atoms with Gasteiger partial charge in [0.1, 0.15) is 5.82 Å². The maximum Gasteiger partial charge on any atom is 0.157 e. The van der Waals surface area contributed by atoms with Gasteiger partial charge in [-0.3, -0.25) is 4.90 Å². The first-order valence-electron chi connectivity index (χ1n) is 9.61. The average Bonchev–Trinajstić information content (AvgIpc) is 3.16. The van der Waals surface area contributed by atoms with E-state index in [1.807, 2.05) is 6.92 Å². The first-order chi connectivity index (χ1) is 13.1. The Labute approximate surface area is 159 Å². The number of aliphatic hydroxyl groups is 1. The summed E-state index contributed by atoms with van der Waals surface area (Å²) in [6, 6.07) is 9.48. The molecule has 6 nitrogen and oxygen atoms in total. The summed E-state index contributed by atoms with van der Waals surface area (Å²) in [7, 11) is 0. The third-order valence-corrected chi connectivity index (χ3v) is 5.93. The van der Waals surface area contributed by atoms with Crippen LogP contribution in [-0.2, 0) is 13.1 Å². The second-order valence-corrected chi connectivity index (χ2v) is 7.92. The molecule has 3 aliphatic heterocycles. The molecule has 2 atom stereocenters. The molecule has 1 N–H and O–H groups in total. The highest BCUT2D eigenvalue weighted by atomic mass is 16.3. The molecule has 6 heteroatoms. The minimum absolute atomic E-state index is 0.138. The third kappa shape index (κ3) is 2.89. The number of aryl methyl sites for hydroxylation is 1. The van der Waals surface area contributed by atoms with E-state index in [9.17, 15) is 5.11 Å². The summed E-state index contributed by atoms with van der Waals surface area (Å²) in [5.74, 6) is 1.91. The zero-order valence-corrected chi connectivity index (χ0v) is 15.8. The molecule has 5 rings (SSSR count). The number of likely N-dealkylation sites (tertiary alicyclic amines) is 1. The molecular weight excluding hydrogens is 338 g/mol. The van der Waals surface area contributed by atoms with Crippen LogP contribution in [0.25, 0.3) is 6.08 Å². The third-order valence-electron chi connectivity index (χ3n) is 5.93. The molecular formula is C21H25N5O. The molecule has 1 aromatic carbocycles. The van der Waals surface area contributed by atoms with Crippen LogP contribution in [0.2, 0.25) is 0 Å². The smallest absolute Gasteiger partial charge is 0.157 e. The number of aromatic nitrogens is 3. The van der Waals surface area contributed by atoms with Gasteiger partial charge in [0.15, 0.2) is 5.82 Å². The van der Waals surface area contributed by atoms with Crippen molar-refractivity contribution in [3.63, 3.8) is 0 Å². The molecule has 1 fully saturated rings. The van der Waals surface area contributed by atoms with Crippen LogP contribution in [0, 0.1) is 6.92 Å². The van der Waals surface area contributed by atoms with Gasteiger partial charge in [0, 0.05) is 31.9 Å². The predicted octanol–water partition coefficient (Wildman–Crippen LogP) is 2.12. The molecule has 0 saturated carbocycles. The van der Waals surface area contributed by atoms with Gasteiger partial charge in [-0.2, -0.15) is 0 Å². The zero-order chi connectivity index (χ0) is 18.5. The summed E-state index contributed by atoms with van der Waals surface area (Å²) in [4.78, 5) is 4.73.